The monoisotopic (exact) mass is 280 g/mol. The molecule has 20 heavy (non-hydrogen) atoms. The van der Waals surface area contributed by atoms with Crippen molar-refractivity contribution in [2.24, 2.45) is 13.0 Å². The molecule has 1 N–H and O–H groups in total. The number of aryl methyl sites for hydroxylation is 1. The summed E-state index contributed by atoms with van der Waals surface area (Å²) < 4.78 is 7.21. The van der Waals surface area contributed by atoms with Gasteiger partial charge in [0.2, 0.25) is 5.91 Å². The highest BCUT2D eigenvalue weighted by molar-refractivity contribution is 5.79. The Morgan fingerprint density at radius 1 is 1.60 bits per heavy atom. The predicted octanol–water partition coefficient (Wildman–Crippen LogP) is 0.393. The Hall–Kier alpha value is -1.40. The first-order valence-corrected chi connectivity index (χ1v) is 7.15. The summed E-state index contributed by atoms with van der Waals surface area (Å²) in [5.74, 6) is 0.0585. The number of carbonyl (C=O) groups excluding carboxylic acids is 1. The molecular formula is C14H24N4O2. The second kappa shape index (κ2) is 6.85. The van der Waals surface area contributed by atoms with Crippen molar-refractivity contribution in [1.29, 1.82) is 0 Å². The number of aromatic nitrogens is 2. The van der Waals surface area contributed by atoms with Crippen molar-refractivity contribution in [3.8, 4) is 0 Å². The SMILES string of the molecule is CCCNC1COCC1C(=O)N(C)Cc1cnn(C)c1. The van der Waals surface area contributed by atoms with Gasteiger partial charge in [0.1, 0.15) is 0 Å². The first-order chi connectivity index (χ1) is 9.61. The number of carbonyl (C=O) groups is 1. The molecule has 1 saturated heterocycles. The fourth-order valence-electron chi connectivity index (χ4n) is 2.52. The van der Waals surface area contributed by atoms with Gasteiger partial charge in [-0.25, -0.2) is 0 Å². The second-order valence-corrected chi connectivity index (χ2v) is 5.42. The van der Waals surface area contributed by atoms with Crippen LogP contribution in [0.25, 0.3) is 0 Å². The van der Waals surface area contributed by atoms with Gasteiger partial charge in [-0.1, -0.05) is 6.92 Å². The molecule has 1 fully saturated rings. The summed E-state index contributed by atoms with van der Waals surface area (Å²) in [7, 11) is 3.71. The van der Waals surface area contributed by atoms with Crippen LogP contribution in [0, 0.1) is 5.92 Å². The number of hydrogen-bond donors (Lipinski definition) is 1. The minimum atomic E-state index is -0.0804. The van der Waals surface area contributed by atoms with E-state index >= 15 is 0 Å². The third kappa shape index (κ3) is 3.58. The average molecular weight is 280 g/mol. The molecule has 0 bridgehead atoms. The van der Waals surface area contributed by atoms with Gasteiger partial charge in [-0.15, -0.1) is 0 Å². The smallest absolute Gasteiger partial charge is 0.229 e. The largest absolute Gasteiger partial charge is 0.379 e. The van der Waals surface area contributed by atoms with Crippen LogP contribution < -0.4 is 5.32 Å². The van der Waals surface area contributed by atoms with Crippen LogP contribution in [0.3, 0.4) is 0 Å². The van der Waals surface area contributed by atoms with Gasteiger partial charge >= 0.3 is 0 Å². The topological polar surface area (TPSA) is 59.4 Å². The lowest BCUT2D eigenvalue weighted by molar-refractivity contribution is -0.135. The fourth-order valence-corrected chi connectivity index (χ4v) is 2.52. The second-order valence-electron chi connectivity index (χ2n) is 5.42. The Bertz CT molecular complexity index is 446. The van der Waals surface area contributed by atoms with E-state index in [1.165, 1.54) is 0 Å². The van der Waals surface area contributed by atoms with Crippen molar-refractivity contribution in [2.45, 2.75) is 25.9 Å². The van der Waals surface area contributed by atoms with E-state index in [2.05, 4.69) is 17.3 Å². The van der Waals surface area contributed by atoms with Crippen molar-refractivity contribution in [1.82, 2.24) is 20.0 Å². The zero-order valence-corrected chi connectivity index (χ0v) is 12.5. The molecule has 1 aliphatic rings. The van der Waals surface area contributed by atoms with E-state index in [9.17, 15) is 4.79 Å². The van der Waals surface area contributed by atoms with Crippen LogP contribution >= 0.6 is 0 Å². The van der Waals surface area contributed by atoms with Crippen LogP contribution in [0.1, 0.15) is 18.9 Å². The number of nitrogens with zero attached hydrogens (tertiary/aromatic N) is 3. The molecular weight excluding hydrogens is 256 g/mol. The molecule has 1 aromatic rings. The Morgan fingerprint density at radius 3 is 3.05 bits per heavy atom. The van der Waals surface area contributed by atoms with Crippen LogP contribution in [-0.4, -0.2) is 53.4 Å². The summed E-state index contributed by atoms with van der Waals surface area (Å²) >= 11 is 0. The van der Waals surface area contributed by atoms with Gasteiger partial charge in [-0.2, -0.15) is 5.10 Å². The maximum atomic E-state index is 12.5. The van der Waals surface area contributed by atoms with Gasteiger partial charge in [0, 0.05) is 38.4 Å². The van der Waals surface area contributed by atoms with Crippen molar-refractivity contribution >= 4 is 5.91 Å². The Morgan fingerprint density at radius 2 is 2.40 bits per heavy atom. The van der Waals surface area contributed by atoms with Crippen molar-refractivity contribution in [3.63, 3.8) is 0 Å². The molecule has 6 nitrogen and oxygen atoms in total. The van der Waals surface area contributed by atoms with Crippen LogP contribution in [0.2, 0.25) is 0 Å². The Labute approximate surface area is 120 Å². The maximum absolute atomic E-state index is 12.5. The minimum absolute atomic E-state index is 0.0804. The highest BCUT2D eigenvalue weighted by Crippen LogP contribution is 2.17. The van der Waals surface area contributed by atoms with Crippen LogP contribution in [-0.2, 0) is 23.1 Å². The molecule has 1 aromatic heterocycles. The lowest BCUT2D eigenvalue weighted by Crippen LogP contribution is -2.44. The molecule has 0 aliphatic carbocycles. The predicted molar refractivity (Wildman–Crippen MR) is 76.1 cm³/mol. The Balaban J connectivity index is 1.91. The quantitative estimate of drug-likeness (QED) is 0.819. The normalized spacial score (nSPS) is 22.1. The molecule has 0 radical (unpaired) electrons. The molecule has 2 atom stereocenters. The summed E-state index contributed by atoms with van der Waals surface area (Å²) in [6.07, 6.45) is 4.78. The fraction of sp³-hybridized carbons (Fsp3) is 0.714. The third-order valence-electron chi connectivity index (χ3n) is 3.61. The molecule has 2 heterocycles. The average Bonchev–Trinajstić information content (AvgIpc) is 3.04. The molecule has 2 unspecified atom stereocenters. The first-order valence-electron chi connectivity index (χ1n) is 7.15. The summed E-state index contributed by atoms with van der Waals surface area (Å²) in [5, 5.41) is 7.52. The molecule has 0 spiro atoms. The summed E-state index contributed by atoms with van der Waals surface area (Å²) in [5.41, 5.74) is 1.04. The maximum Gasteiger partial charge on any atom is 0.229 e. The van der Waals surface area contributed by atoms with Crippen molar-refractivity contribution < 1.29 is 9.53 Å². The van der Waals surface area contributed by atoms with Gasteiger partial charge in [-0.05, 0) is 13.0 Å². The highest BCUT2D eigenvalue weighted by Gasteiger charge is 2.35. The van der Waals surface area contributed by atoms with E-state index in [1.807, 2.05) is 20.3 Å². The summed E-state index contributed by atoms with van der Waals surface area (Å²) in [4.78, 5) is 14.3. The zero-order valence-electron chi connectivity index (χ0n) is 12.5. The van der Waals surface area contributed by atoms with Gasteiger partial charge in [-0.3, -0.25) is 9.48 Å². The number of amides is 1. The highest BCUT2D eigenvalue weighted by atomic mass is 16.5. The summed E-state index contributed by atoms with van der Waals surface area (Å²) in [6.45, 7) is 4.76. The van der Waals surface area contributed by atoms with Crippen LogP contribution in [0.5, 0.6) is 0 Å². The molecule has 1 amide bonds. The lowest BCUT2D eigenvalue weighted by atomic mass is 10.0. The molecule has 2 rings (SSSR count). The number of rotatable bonds is 6. The van der Waals surface area contributed by atoms with Gasteiger partial charge in [0.15, 0.2) is 0 Å². The standard InChI is InChI=1S/C14H24N4O2/c1-4-5-15-13-10-20-9-12(13)14(19)17(2)7-11-6-16-18(3)8-11/h6,8,12-13,15H,4-5,7,9-10H2,1-3H3. The van der Waals surface area contributed by atoms with E-state index in [0.717, 1.165) is 18.5 Å². The van der Waals surface area contributed by atoms with Crippen molar-refractivity contribution in [2.75, 3.05) is 26.8 Å². The van der Waals surface area contributed by atoms with E-state index < -0.39 is 0 Å². The molecule has 6 heteroatoms. The van der Waals surface area contributed by atoms with E-state index in [1.54, 1.807) is 15.8 Å². The minimum Gasteiger partial charge on any atom is -0.379 e. The Kier molecular flexibility index (Phi) is 5.14. The summed E-state index contributed by atoms with van der Waals surface area (Å²) in [6, 6.07) is 0.138. The third-order valence-corrected chi connectivity index (χ3v) is 3.61. The molecule has 0 saturated carbocycles. The van der Waals surface area contributed by atoms with E-state index in [0.29, 0.717) is 19.8 Å². The van der Waals surface area contributed by atoms with Crippen molar-refractivity contribution in [3.05, 3.63) is 18.0 Å². The molecule has 0 aromatic carbocycles. The molecule has 1 aliphatic heterocycles. The van der Waals surface area contributed by atoms with Gasteiger partial charge in [0.05, 0.1) is 25.3 Å². The number of hydrogen-bond acceptors (Lipinski definition) is 4. The van der Waals surface area contributed by atoms with Crippen LogP contribution in [0.4, 0.5) is 0 Å². The zero-order chi connectivity index (χ0) is 14.5. The number of nitrogens with one attached hydrogen (secondary N) is 1. The lowest BCUT2D eigenvalue weighted by Gasteiger charge is -2.24. The van der Waals surface area contributed by atoms with E-state index in [4.69, 9.17) is 4.74 Å². The van der Waals surface area contributed by atoms with Crippen LogP contribution in [0.15, 0.2) is 12.4 Å². The van der Waals surface area contributed by atoms with Gasteiger partial charge < -0.3 is 15.0 Å². The van der Waals surface area contributed by atoms with Gasteiger partial charge in [0.25, 0.3) is 0 Å². The van der Waals surface area contributed by atoms with E-state index in [-0.39, 0.29) is 17.9 Å². The molecule has 112 valence electrons. The first kappa shape index (κ1) is 15.0. The number of ether oxygens (including phenoxy) is 1.